The summed E-state index contributed by atoms with van der Waals surface area (Å²) in [6.45, 7) is 8.85. The van der Waals surface area contributed by atoms with E-state index in [1.807, 2.05) is 20.8 Å². The number of benzene rings is 2. The average Bonchev–Trinajstić information content (AvgIpc) is 2.87. The van der Waals surface area contributed by atoms with E-state index in [0.717, 1.165) is 0 Å². The Kier molecular flexibility index (Phi) is 11.2. The standard InChI is InChI=1S/C30H43FN4O5/c1-18(2)26(35(7)28(39)23(32)15-19-8-11-21(31)12-9-19)29(40)34(6)24(27(38)33-17-36)16-20-10-13-25(37)22(14-20)30(3,4)5/h8-14,18,23-24,26,36-37H,15-17,32H2,1-7H3,(H,33,38)/t23-,24-,26-/m0/s1. The maximum Gasteiger partial charge on any atom is 0.246 e. The molecule has 9 nitrogen and oxygen atoms in total. The summed E-state index contributed by atoms with van der Waals surface area (Å²) in [5, 5.41) is 22.1. The zero-order chi connectivity index (χ0) is 30.4. The number of aromatic hydroxyl groups is 1. The van der Waals surface area contributed by atoms with Gasteiger partial charge in [0.25, 0.3) is 0 Å². The molecular formula is C30H43FN4O5. The zero-order valence-electron chi connectivity index (χ0n) is 24.4. The molecule has 10 heteroatoms. The Bertz CT molecular complexity index is 1180. The van der Waals surface area contributed by atoms with Gasteiger partial charge in [-0.2, -0.15) is 0 Å². The number of aliphatic hydroxyl groups excluding tert-OH is 1. The van der Waals surface area contributed by atoms with Crippen molar-refractivity contribution < 1.29 is 29.0 Å². The van der Waals surface area contributed by atoms with Crippen molar-refractivity contribution in [2.24, 2.45) is 11.7 Å². The normalized spacial score (nSPS) is 13.9. The highest BCUT2D eigenvalue weighted by molar-refractivity contribution is 5.93. The molecule has 3 atom stereocenters. The highest BCUT2D eigenvalue weighted by Gasteiger charge is 2.37. The number of nitrogens with zero attached hydrogens (tertiary/aromatic N) is 2. The lowest BCUT2D eigenvalue weighted by Gasteiger charge is -2.37. The van der Waals surface area contributed by atoms with Gasteiger partial charge in [-0.1, -0.05) is 58.9 Å². The topological polar surface area (TPSA) is 136 Å². The van der Waals surface area contributed by atoms with Gasteiger partial charge in [0.15, 0.2) is 0 Å². The molecule has 0 bridgehead atoms. The Labute approximate surface area is 236 Å². The van der Waals surface area contributed by atoms with Gasteiger partial charge in [0.2, 0.25) is 17.7 Å². The van der Waals surface area contributed by atoms with Gasteiger partial charge >= 0.3 is 0 Å². The summed E-state index contributed by atoms with van der Waals surface area (Å²) >= 11 is 0. The van der Waals surface area contributed by atoms with Crippen molar-refractivity contribution in [3.63, 3.8) is 0 Å². The number of phenolic OH excluding ortho intramolecular Hbond substituents is 1. The molecule has 40 heavy (non-hydrogen) atoms. The van der Waals surface area contributed by atoms with E-state index in [9.17, 15) is 29.0 Å². The van der Waals surface area contributed by atoms with Crippen molar-refractivity contribution in [2.45, 2.75) is 71.0 Å². The molecule has 3 amide bonds. The predicted molar refractivity (Wildman–Crippen MR) is 152 cm³/mol. The number of rotatable bonds is 11. The van der Waals surface area contributed by atoms with Gasteiger partial charge in [-0.05, 0) is 52.6 Å². The number of amides is 3. The average molecular weight is 559 g/mol. The zero-order valence-corrected chi connectivity index (χ0v) is 24.4. The van der Waals surface area contributed by atoms with E-state index in [1.165, 1.54) is 36.0 Å². The minimum absolute atomic E-state index is 0.115. The lowest BCUT2D eigenvalue weighted by molar-refractivity contribution is -0.149. The Balaban J connectivity index is 2.32. The van der Waals surface area contributed by atoms with Gasteiger partial charge in [-0.15, -0.1) is 0 Å². The maximum absolute atomic E-state index is 13.8. The first-order chi connectivity index (χ1) is 18.6. The smallest absolute Gasteiger partial charge is 0.246 e. The van der Waals surface area contributed by atoms with Gasteiger partial charge in [0.05, 0.1) is 6.04 Å². The third-order valence-electron chi connectivity index (χ3n) is 7.00. The Morgan fingerprint density at radius 2 is 1.52 bits per heavy atom. The molecule has 2 rings (SSSR count). The molecule has 0 aliphatic rings. The highest BCUT2D eigenvalue weighted by Crippen LogP contribution is 2.32. The van der Waals surface area contributed by atoms with Crippen molar-refractivity contribution in [1.29, 1.82) is 0 Å². The van der Waals surface area contributed by atoms with Crippen LogP contribution < -0.4 is 11.1 Å². The maximum atomic E-state index is 13.8. The van der Waals surface area contributed by atoms with Crippen LogP contribution in [0, 0.1) is 11.7 Å². The molecule has 0 aliphatic carbocycles. The number of carbonyl (C=O) groups is 3. The van der Waals surface area contributed by atoms with Crippen LogP contribution in [0.2, 0.25) is 0 Å². The number of likely N-dealkylation sites (N-methyl/N-ethyl adjacent to an activating group) is 2. The molecule has 0 saturated carbocycles. The van der Waals surface area contributed by atoms with E-state index in [2.05, 4.69) is 5.32 Å². The Morgan fingerprint density at radius 3 is 2.05 bits per heavy atom. The minimum atomic E-state index is -1.00. The van der Waals surface area contributed by atoms with E-state index in [-0.39, 0.29) is 29.9 Å². The van der Waals surface area contributed by atoms with Gasteiger partial charge in [-0.3, -0.25) is 14.4 Å². The van der Waals surface area contributed by atoms with Crippen LogP contribution in [0.25, 0.3) is 0 Å². The minimum Gasteiger partial charge on any atom is -0.508 e. The lowest BCUT2D eigenvalue weighted by atomic mass is 9.84. The van der Waals surface area contributed by atoms with Crippen LogP contribution in [0.5, 0.6) is 5.75 Å². The molecule has 0 fully saturated rings. The van der Waals surface area contributed by atoms with Gasteiger partial charge in [0, 0.05) is 20.5 Å². The largest absolute Gasteiger partial charge is 0.508 e. The summed E-state index contributed by atoms with van der Waals surface area (Å²) in [7, 11) is 2.99. The molecular weight excluding hydrogens is 515 g/mol. The number of halogens is 1. The van der Waals surface area contributed by atoms with Gasteiger partial charge in [-0.25, -0.2) is 4.39 Å². The number of aliphatic hydroxyl groups is 1. The Morgan fingerprint density at radius 1 is 0.950 bits per heavy atom. The SMILES string of the molecule is CC(C)[C@@H](C(=O)N(C)[C@@H](Cc1ccc(O)c(C(C)(C)C)c1)C(=O)NCO)N(C)C(=O)[C@@H](N)Cc1ccc(F)cc1. The molecule has 2 aromatic rings. The van der Waals surface area contributed by atoms with Crippen LogP contribution in [0.15, 0.2) is 42.5 Å². The summed E-state index contributed by atoms with van der Waals surface area (Å²) in [5.74, 6) is -2.06. The molecule has 220 valence electrons. The second-order valence-electron chi connectivity index (χ2n) is 11.5. The number of hydrogen-bond donors (Lipinski definition) is 4. The summed E-state index contributed by atoms with van der Waals surface area (Å²) in [4.78, 5) is 42.7. The molecule has 0 aromatic heterocycles. The third-order valence-corrected chi connectivity index (χ3v) is 7.00. The predicted octanol–water partition coefficient (Wildman–Crippen LogP) is 2.32. The first-order valence-corrected chi connectivity index (χ1v) is 13.3. The summed E-state index contributed by atoms with van der Waals surface area (Å²) < 4.78 is 13.3. The fourth-order valence-electron chi connectivity index (χ4n) is 4.76. The van der Waals surface area contributed by atoms with E-state index in [1.54, 1.807) is 44.2 Å². The molecule has 2 aromatic carbocycles. The number of carbonyl (C=O) groups excluding carboxylic acids is 3. The van der Waals surface area contributed by atoms with Crippen LogP contribution >= 0.6 is 0 Å². The van der Waals surface area contributed by atoms with Crippen molar-refractivity contribution >= 4 is 17.7 Å². The second kappa shape index (κ2) is 13.7. The molecule has 0 aliphatic heterocycles. The molecule has 0 unspecified atom stereocenters. The Hall–Kier alpha value is -3.50. The summed E-state index contributed by atoms with van der Waals surface area (Å²) in [6.07, 6.45) is 0.279. The van der Waals surface area contributed by atoms with Crippen molar-refractivity contribution in [2.75, 3.05) is 20.8 Å². The van der Waals surface area contributed by atoms with Crippen LogP contribution in [0.4, 0.5) is 4.39 Å². The number of phenols is 1. The van der Waals surface area contributed by atoms with Crippen LogP contribution in [-0.2, 0) is 32.6 Å². The number of nitrogens with two attached hydrogens (primary N) is 1. The van der Waals surface area contributed by atoms with Crippen LogP contribution in [0.3, 0.4) is 0 Å². The van der Waals surface area contributed by atoms with Gasteiger partial charge in [0.1, 0.15) is 30.4 Å². The highest BCUT2D eigenvalue weighted by atomic mass is 19.1. The molecule has 0 radical (unpaired) electrons. The number of hydrogen-bond acceptors (Lipinski definition) is 6. The molecule has 0 saturated heterocycles. The van der Waals surface area contributed by atoms with E-state index in [0.29, 0.717) is 16.7 Å². The first kappa shape index (κ1) is 32.7. The quantitative estimate of drug-likeness (QED) is 0.313. The molecule has 5 N–H and O–H groups in total. The second-order valence-corrected chi connectivity index (χ2v) is 11.5. The van der Waals surface area contributed by atoms with Crippen molar-refractivity contribution in [3.05, 3.63) is 65.0 Å². The van der Waals surface area contributed by atoms with Crippen LogP contribution in [-0.4, -0.2) is 76.7 Å². The van der Waals surface area contributed by atoms with E-state index < -0.39 is 48.4 Å². The molecule has 0 spiro atoms. The summed E-state index contributed by atoms with van der Waals surface area (Å²) in [5.41, 5.74) is 7.93. The monoisotopic (exact) mass is 558 g/mol. The van der Waals surface area contributed by atoms with E-state index in [4.69, 9.17) is 5.73 Å². The van der Waals surface area contributed by atoms with Crippen LogP contribution in [0.1, 0.15) is 51.3 Å². The van der Waals surface area contributed by atoms with Gasteiger partial charge < -0.3 is 31.1 Å². The fraction of sp³-hybridized carbons (Fsp3) is 0.500. The number of nitrogens with one attached hydrogen (secondary N) is 1. The fourth-order valence-corrected chi connectivity index (χ4v) is 4.76. The first-order valence-electron chi connectivity index (χ1n) is 13.3. The van der Waals surface area contributed by atoms with E-state index >= 15 is 0 Å². The molecule has 0 heterocycles. The third kappa shape index (κ3) is 8.25. The summed E-state index contributed by atoms with van der Waals surface area (Å²) in [6, 6.07) is 7.86. The van der Waals surface area contributed by atoms with Crippen molar-refractivity contribution in [1.82, 2.24) is 15.1 Å². The lowest BCUT2D eigenvalue weighted by Crippen LogP contribution is -2.58. The van der Waals surface area contributed by atoms with Crippen molar-refractivity contribution in [3.8, 4) is 5.75 Å².